The Morgan fingerprint density at radius 2 is 1.73 bits per heavy atom. The molecule has 0 bridgehead atoms. The van der Waals surface area contributed by atoms with E-state index in [2.05, 4.69) is 31.7 Å². The molecule has 0 rings (SSSR count). The Hall–Kier alpha value is -0.480. The Morgan fingerprint density at radius 1 is 1.13 bits per heavy atom. The molecule has 1 heteroatoms. The Balaban J connectivity index is 3.31. The Kier molecular flexibility index (Phi) is 9.73. The molecule has 15 heavy (non-hydrogen) atoms. The number of hydrogen-bond donors (Lipinski definition) is 0. The molecule has 0 N–H and O–H groups in total. The molecule has 0 aliphatic carbocycles. The lowest BCUT2D eigenvalue weighted by molar-refractivity contribution is 0.268. The van der Waals surface area contributed by atoms with Crippen LogP contribution in [-0.2, 0) is 0 Å². The van der Waals surface area contributed by atoms with Gasteiger partial charge in [0.25, 0.3) is 0 Å². The van der Waals surface area contributed by atoms with Gasteiger partial charge in [-0.25, -0.2) is 0 Å². The third kappa shape index (κ3) is 8.51. The summed E-state index contributed by atoms with van der Waals surface area (Å²) in [5.74, 6) is 2.69. The number of unbranched alkanes of at least 4 members (excludes halogenated alkanes) is 5. The van der Waals surface area contributed by atoms with Crippen molar-refractivity contribution in [1.29, 1.82) is 0 Å². The van der Waals surface area contributed by atoms with Crippen LogP contribution in [0.2, 0.25) is 0 Å². The van der Waals surface area contributed by atoms with Gasteiger partial charge in [-0.3, -0.25) is 4.90 Å². The van der Waals surface area contributed by atoms with Crippen molar-refractivity contribution < 1.29 is 0 Å². The van der Waals surface area contributed by atoms with Gasteiger partial charge in [-0.1, -0.05) is 51.4 Å². The summed E-state index contributed by atoms with van der Waals surface area (Å²) in [6.07, 6.45) is 14.8. The van der Waals surface area contributed by atoms with Crippen molar-refractivity contribution >= 4 is 0 Å². The largest absolute Gasteiger partial charge is 0.293 e. The normalized spacial score (nSPS) is 12.7. The molecule has 0 saturated heterocycles. The van der Waals surface area contributed by atoms with Gasteiger partial charge in [-0.15, -0.1) is 6.42 Å². The van der Waals surface area contributed by atoms with E-state index >= 15 is 0 Å². The summed E-state index contributed by atoms with van der Waals surface area (Å²) >= 11 is 0. The summed E-state index contributed by atoms with van der Waals surface area (Å²) in [5, 5.41) is 0. The van der Waals surface area contributed by atoms with E-state index in [0.717, 1.165) is 6.54 Å². The van der Waals surface area contributed by atoms with Gasteiger partial charge in [0, 0.05) is 6.04 Å². The fourth-order valence-corrected chi connectivity index (χ4v) is 1.74. The average molecular weight is 209 g/mol. The lowest BCUT2D eigenvalue weighted by atomic mass is 10.1. The SMILES string of the molecule is C#CCN(C)[C@H](C)CCCCCCCC. The summed E-state index contributed by atoms with van der Waals surface area (Å²) in [5.41, 5.74) is 0. The maximum atomic E-state index is 5.29. The molecular weight excluding hydrogens is 182 g/mol. The van der Waals surface area contributed by atoms with Crippen LogP contribution in [0.15, 0.2) is 0 Å². The zero-order valence-corrected chi connectivity index (χ0v) is 10.8. The minimum absolute atomic E-state index is 0.632. The first-order valence-corrected chi connectivity index (χ1v) is 6.36. The molecule has 0 aliphatic rings. The molecule has 0 heterocycles. The van der Waals surface area contributed by atoms with Crippen molar-refractivity contribution in [3.63, 3.8) is 0 Å². The van der Waals surface area contributed by atoms with Crippen molar-refractivity contribution in [3.8, 4) is 12.3 Å². The van der Waals surface area contributed by atoms with Gasteiger partial charge in [0.1, 0.15) is 0 Å². The van der Waals surface area contributed by atoms with Crippen molar-refractivity contribution in [2.75, 3.05) is 13.6 Å². The summed E-state index contributed by atoms with van der Waals surface area (Å²) in [7, 11) is 2.11. The molecule has 1 atom stereocenters. The number of terminal acetylenes is 1. The fraction of sp³-hybridized carbons (Fsp3) is 0.857. The summed E-state index contributed by atoms with van der Waals surface area (Å²) in [6.45, 7) is 5.30. The van der Waals surface area contributed by atoms with E-state index in [0.29, 0.717) is 6.04 Å². The van der Waals surface area contributed by atoms with Crippen molar-refractivity contribution in [3.05, 3.63) is 0 Å². The minimum Gasteiger partial charge on any atom is -0.293 e. The molecule has 0 amide bonds. The van der Waals surface area contributed by atoms with Crippen molar-refractivity contribution in [2.24, 2.45) is 0 Å². The van der Waals surface area contributed by atoms with Crippen molar-refractivity contribution in [2.45, 2.75) is 64.8 Å². The Labute approximate surface area is 96.2 Å². The molecular formula is C14H27N. The molecule has 0 unspecified atom stereocenters. The van der Waals surface area contributed by atoms with Gasteiger partial charge >= 0.3 is 0 Å². The predicted octanol–water partition coefficient (Wildman–Crippen LogP) is 3.69. The summed E-state index contributed by atoms with van der Waals surface area (Å²) < 4.78 is 0. The van der Waals surface area contributed by atoms with Gasteiger partial charge in [0.05, 0.1) is 6.54 Å². The summed E-state index contributed by atoms with van der Waals surface area (Å²) in [4.78, 5) is 2.26. The predicted molar refractivity (Wildman–Crippen MR) is 68.9 cm³/mol. The fourth-order valence-electron chi connectivity index (χ4n) is 1.74. The Bertz CT molecular complexity index is 169. The summed E-state index contributed by atoms with van der Waals surface area (Å²) in [6, 6.07) is 0.632. The zero-order chi connectivity index (χ0) is 11.5. The topological polar surface area (TPSA) is 3.24 Å². The quantitative estimate of drug-likeness (QED) is 0.413. The second kappa shape index (κ2) is 10.1. The van der Waals surface area contributed by atoms with Crippen LogP contribution in [0.3, 0.4) is 0 Å². The van der Waals surface area contributed by atoms with Crippen LogP contribution in [0.1, 0.15) is 58.8 Å². The smallest absolute Gasteiger partial charge is 0.0598 e. The lowest BCUT2D eigenvalue weighted by Crippen LogP contribution is -2.29. The minimum atomic E-state index is 0.632. The first kappa shape index (κ1) is 14.5. The molecule has 0 aromatic carbocycles. The number of rotatable bonds is 9. The molecule has 0 radical (unpaired) electrons. The van der Waals surface area contributed by atoms with E-state index < -0.39 is 0 Å². The third-order valence-electron chi connectivity index (χ3n) is 3.07. The maximum Gasteiger partial charge on any atom is 0.0598 e. The van der Waals surface area contributed by atoms with Crippen LogP contribution < -0.4 is 0 Å². The van der Waals surface area contributed by atoms with Gasteiger partial charge in [0.2, 0.25) is 0 Å². The highest BCUT2D eigenvalue weighted by atomic mass is 15.1. The van der Waals surface area contributed by atoms with Gasteiger partial charge < -0.3 is 0 Å². The maximum absolute atomic E-state index is 5.29. The first-order chi connectivity index (χ1) is 7.22. The van der Waals surface area contributed by atoms with Crippen molar-refractivity contribution in [1.82, 2.24) is 4.90 Å². The van der Waals surface area contributed by atoms with E-state index in [1.807, 2.05) is 0 Å². The van der Waals surface area contributed by atoms with Gasteiger partial charge in [-0.2, -0.15) is 0 Å². The monoisotopic (exact) mass is 209 g/mol. The molecule has 0 spiro atoms. The van der Waals surface area contributed by atoms with E-state index in [-0.39, 0.29) is 0 Å². The van der Waals surface area contributed by atoms with Crippen LogP contribution in [0.4, 0.5) is 0 Å². The van der Waals surface area contributed by atoms with Crippen LogP contribution in [-0.4, -0.2) is 24.5 Å². The molecule has 1 nitrogen and oxygen atoms in total. The second-order valence-corrected chi connectivity index (χ2v) is 4.52. The van der Waals surface area contributed by atoms with Crippen LogP contribution in [0, 0.1) is 12.3 Å². The zero-order valence-electron chi connectivity index (χ0n) is 10.8. The van der Waals surface area contributed by atoms with Crippen LogP contribution >= 0.6 is 0 Å². The standard InChI is InChI=1S/C14H27N/c1-5-7-8-9-10-11-12-14(3)15(4)13-6-2/h2,14H,5,7-13H2,1,3-4H3/t14-/m1/s1. The number of hydrogen-bond acceptors (Lipinski definition) is 1. The van der Waals surface area contributed by atoms with E-state index in [1.54, 1.807) is 0 Å². The molecule has 0 saturated carbocycles. The van der Waals surface area contributed by atoms with Crippen LogP contribution in [0.25, 0.3) is 0 Å². The lowest BCUT2D eigenvalue weighted by Gasteiger charge is -2.22. The molecule has 0 aliphatic heterocycles. The highest BCUT2D eigenvalue weighted by Crippen LogP contribution is 2.10. The molecule has 0 fully saturated rings. The second-order valence-electron chi connectivity index (χ2n) is 4.52. The van der Waals surface area contributed by atoms with Gasteiger partial charge in [-0.05, 0) is 20.4 Å². The molecule has 88 valence electrons. The van der Waals surface area contributed by atoms with E-state index in [1.165, 1.54) is 44.9 Å². The highest BCUT2D eigenvalue weighted by molar-refractivity contribution is 4.88. The number of nitrogens with zero attached hydrogens (tertiary/aromatic N) is 1. The molecule has 0 aromatic rings. The Morgan fingerprint density at radius 3 is 2.33 bits per heavy atom. The molecule has 0 aromatic heterocycles. The van der Waals surface area contributed by atoms with Gasteiger partial charge in [0.15, 0.2) is 0 Å². The van der Waals surface area contributed by atoms with Crippen LogP contribution in [0.5, 0.6) is 0 Å². The van der Waals surface area contributed by atoms with E-state index in [9.17, 15) is 0 Å². The highest BCUT2D eigenvalue weighted by Gasteiger charge is 2.06. The third-order valence-corrected chi connectivity index (χ3v) is 3.07. The first-order valence-electron chi connectivity index (χ1n) is 6.36. The average Bonchev–Trinajstić information content (AvgIpc) is 2.23. The van der Waals surface area contributed by atoms with E-state index in [4.69, 9.17) is 6.42 Å².